The van der Waals surface area contributed by atoms with E-state index in [0.29, 0.717) is 36.8 Å². The van der Waals surface area contributed by atoms with Crippen LogP contribution in [0.5, 0.6) is 11.5 Å². The van der Waals surface area contributed by atoms with Crippen LogP contribution in [0.4, 0.5) is 0 Å². The molecule has 0 bridgehead atoms. The molecule has 2 aliphatic heterocycles. The minimum atomic E-state index is -0.219. The standard InChI is InChI=1S/C22H32N2O5/c1-15(25)24-10-7-18(8-11-24)29-19-6-5-16(13-20(19)27-4)21(26)23-17-9-12-28-22(2,3)14-17/h5-6,13,17-18H,7-12,14H2,1-4H3,(H,23,26)/t17-/m1/s1. The van der Waals surface area contributed by atoms with Gasteiger partial charge in [-0.05, 0) is 44.9 Å². The van der Waals surface area contributed by atoms with E-state index in [0.717, 1.165) is 25.7 Å². The van der Waals surface area contributed by atoms with Crippen molar-refractivity contribution in [2.45, 2.75) is 64.2 Å². The van der Waals surface area contributed by atoms with Crippen LogP contribution in [0.2, 0.25) is 0 Å². The summed E-state index contributed by atoms with van der Waals surface area (Å²) in [4.78, 5) is 26.0. The number of ether oxygens (including phenoxy) is 3. The van der Waals surface area contributed by atoms with Crippen LogP contribution in [0, 0.1) is 0 Å². The summed E-state index contributed by atoms with van der Waals surface area (Å²) in [6.45, 7) is 7.73. The van der Waals surface area contributed by atoms with E-state index in [1.807, 2.05) is 18.7 Å². The van der Waals surface area contributed by atoms with Crippen molar-refractivity contribution in [1.29, 1.82) is 0 Å². The first kappa shape index (κ1) is 21.4. The van der Waals surface area contributed by atoms with Gasteiger partial charge < -0.3 is 24.4 Å². The Hall–Kier alpha value is -2.28. The van der Waals surface area contributed by atoms with Crippen LogP contribution in [0.1, 0.15) is 56.8 Å². The molecule has 0 saturated carbocycles. The third-order valence-corrected chi connectivity index (χ3v) is 5.64. The molecular formula is C22H32N2O5. The molecule has 0 aromatic heterocycles. The molecule has 2 amide bonds. The predicted molar refractivity (Wildman–Crippen MR) is 109 cm³/mol. The van der Waals surface area contributed by atoms with Crippen LogP contribution in [0.15, 0.2) is 18.2 Å². The summed E-state index contributed by atoms with van der Waals surface area (Å²) in [5.41, 5.74) is 0.327. The Morgan fingerprint density at radius 3 is 2.52 bits per heavy atom. The molecule has 0 aliphatic carbocycles. The zero-order chi connectivity index (χ0) is 21.0. The molecule has 1 atom stereocenters. The van der Waals surface area contributed by atoms with Gasteiger partial charge in [-0.25, -0.2) is 0 Å². The van der Waals surface area contributed by atoms with Gasteiger partial charge in [0.2, 0.25) is 5.91 Å². The fourth-order valence-electron chi connectivity index (χ4n) is 4.00. The normalized spacial score (nSPS) is 22.1. The minimum absolute atomic E-state index is 0.0312. The van der Waals surface area contributed by atoms with E-state index in [2.05, 4.69) is 5.32 Å². The van der Waals surface area contributed by atoms with Crippen LogP contribution >= 0.6 is 0 Å². The summed E-state index contributed by atoms with van der Waals surface area (Å²) in [6.07, 6.45) is 3.20. The van der Waals surface area contributed by atoms with Gasteiger partial charge in [0.25, 0.3) is 5.91 Å². The molecule has 1 aromatic carbocycles. The number of piperidine rings is 1. The van der Waals surface area contributed by atoms with E-state index in [-0.39, 0.29) is 29.6 Å². The minimum Gasteiger partial charge on any atom is -0.493 e. The van der Waals surface area contributed by atoms with Crippen molar-refractivity contribution in [3.05, 3.63) is 23.8 Å². The lowest BCUT2D eigenvalue weighted by Gasteiger charge is -2.35. The Labute approximate surface area is 172 Å². The summed E-state index contributed by atoms with van der Waals surface area (Å²) < 4.78 is 17.3. The lowest BCUT2D eigenvalue weighted by molar-refractivity contribution is -0.130. The van der Waals surface area contributed by atoms with Crippen molar-refractivity contribution in [2.24, 2.45) is 0 Å². The second kappa shape index (κ2) is 9.03. The van der Waals surface area contributed by atoms with E-state index in [1.165, 1.54) is 0 Å². The Morgan fingerprint density at radius 1 is 1.17 bits per heavy atom. The summed E-state index contributed by atoms with van der Waals surface area (Å²) >= 11 is 0. The van der Waals surface area contributed by atoms with Crippen LogP contribution < -0.4 is 14.8 Å². The van der Waals surface area contributed by atoms with Gasteiger partial charge in [-0.2, -0.15) is 0 Å². The lowest BCUT2D eigenvalue weighted by atomic mass is 9.94. The summed E-state index contributed by atoms with van der Waals surface area (Å²) in [5, 5.41) is 3.11. The van der Waals surface area contributed by atoms with E-state index < -0.39 is 0 Å². The number of carbonyl (C=O) groups is 2. The van der Waals surface area contributed by atoms with E-state index in [9.17, 15) is 9.59 Å². The van der Waals surface area contributed by atoms with Crippen molar-refractivity contribution in [3.8, 4) is 11.5 Å². The number of rotatable bonds is 5. The number of likely N-dealkylation sites (tertiary alicyclic amines) is 1. The predicted octanol–water partition coefficient (Wildman–Crippen LogP) is 2.77. The fraction of sp³-hybridized carbons (Fsp3) is 0.636. The number of carbonyl (C=O) groups excluding carboxylic acids is 2. The zero-order valence-corrected chi connectivity index (χ0v) is 17.8. The SMILES string of the molecule is COc1cc(C(=O)N[C@@H]2CCOC(C)(C)C2)ccc1OC1CCN(C(C)=O)CC1. The molecule has 2 saturated heterocycles. The molecule has 7 nitrogen and oxygen atoms in total. The number of methoxy groups -OCH3 is 1. The van der Waals surface area contributed by atoms with Gasteiger partial charge in [0.15, 0.2) is 11.5 Å². The third kappa shape index (κ3) is 5.63. The molecule has 2 aliphatic rings. The molecule has 29 heavy (non-hydrogen) atoms. The number of benzene rings is 1. The molecule has 2 fully saturated rings. The molecule has 1 aromatic rings. The molecule has 0 spiro atoms. The van der Waals surface area contributed by atoms with E-state index >= 15 is 0 Å². The molecule has 2 heterocycles. The highest BCUT2D eigenvalue weighted by Crippen LogP contribution is 2.31. The highest BCUT2D eigenvalue weighted by atomic mass is 16.5. The average Bonchev–Trinajstić information content (AvgIpc) is 2.67. The number of amides is 2. The Kier molecular flexibility index (Phi) is 6.67. The van der Waals surface area contributed by atoms with Gasteiger partial charge in [0.05, 0.1) is 12.7 Å². The zero-order valence-electron chi connectivity index (χ0n) is 17.8. The number of hydrogen-bond donors (Lipinski definition) is 1. The lowest BCUT2D eigenvalue weighted by Crippen LogP contribution is -2.45. The second-order valence-corrected chi connectivity index (χ2v) is 8.46. The molecule has 160 valence electrons. The highest BCUT2D eigenvalue weighted by Gasteiger charge is 2.30. The smallest absolute Gasteiger partial charge is 0.251 e. The summed E-state index contributed by atoms with van der Waals surface area (Å²) in [5.74, 6) is 1.15. The van der Waals surface area contributed by atoms with Gasteiger partial charge in [-0.15, -0.1) is 0 Å². The quantitative estimate of drug-likeness (QED) is 0.817. The van der Waals surface area contributed by atoms with Gasteiger partial charge >= 0.3 is 0 Å². The third-order valence-electron chi connectivity index (χ3n) is 5.64. The maximum absolute atomic E-state index is 12.7. The average molecular weight is 405 g/mol. The first-order valence-corrected chi connectivity index (χ1v) is 10.3. The Morgan fingerprint density at radius 2 is 1.90 bits per heavy atom. The first-order valence-electron chi connectivity index (χ1n) is 10.3. The molecule has 1 N–H and O–H groups in total. The molecular weight excluding hydrogens is 372 g/mol. The maximum Gasteiger partial charge on any atom is 0.251 e. The first-order chi connectivity index (χ1) is 13.8. The monoisotopic (exact) mass is 404 g/mol. The molecule has 7 heteroatoms. The van der Waals surface area contributed by atoms with E-state index in [4.69, 9.17) is 14.2 Å². The van der Waals surface area contributed by atoms with Crippen molar-refractivity contribution < 1.29 is 23.8 Å². The summed E-state index contributed by atoms with van der Waals surface area (Å²) in [7, 11) is 1.57. The van der Waals surface area contributed by atoms with Gasteiger partial charge in [-0.3, -0.25) is 9.59 Å². The largest absolute Gasteiger partial charge is 0.493 e. The summed E-state index contributed by atoms with van der Waals surface area (Å²) in [6, 6.07) is 5.38. The Bertz CT molecular complexity index is 741. The van der Waals surface area contributed by atoms with Crippen molar-refractivity contribution in [1.82, 2.24) is 10.2 Å². The van der Waals surface area contributed by atoms with Crippen molar-refractivity contribution in [2.75, 3.05) is 26.8 Å². The number of hydrogen-bond acceptors (Lipinski definition) is 5. The second-order valence-electron chi connectivity index (χ2n) is 8.46. The highest BCUT2D eigenvalue weighted by molar-refractivity contribution is 5.95. The van der Waals surface area contributed by atoms with Crippen LogP contribution in [-0.2, 0) is 9.53 Å². The van der Waals surface area contributed by atoms with Gasteiger partial charge in [0.1, 0.15) is 6.10 Å². The molecule has 0 unspecified atom stereocenters. The Balaban J connectivity index is 1.61. The van der Waals surface area contributed by atoms with E-state index in [1.54, 1.807) is 32.2 Å². The van der Waals surface area contributed by atoms with Gasteiger partial charge in [-0.1, -0.05) is 0 Å². The molecule has 3 rings (SSSR count). The van der Waals surface area contributed by atoms with Crippen LogP contribution in [0.25, 0.3) is 0 Å². The number of nitrogens with zero attached hydrogens (tertiary/aromatic N) is 1. The topological polar surface area (TPSA) is 77.1 Å². The van der Waals surface area contributed by atoms with Crippen LogP contribution in [-0.4, -0.2) is 61.3 Å². The van der Waals surface area contributed by atoms with Gasteiger partial charge in [0, 0.05) is 51.1 Å². The van der Waals surface area contributed by atoms with Crippen molar-refractivity contribution in [3.63, 3.8) is 0 Å². The number of nitrogens with one attached hydrogen (secondary N) is 1. The van der Waals surface area contributed by atoms with Crippen LogP contribution in [0.3, 0.4) is 0 Å². The maximum atomic E-state index is 12.7. The molecule has 0 radical (unpaired) electrons. The van der Waals surface area contributed by atoms with Crippen molar-refractivity contribution >= 4 is 11.8 Å². The fourth-order valence-corrected chi connectivity index (χ4v) is 4.00.